The molecule has 0 aromatic heterocycles. The van der Waals surface area contributed by atoms with Crippen LogP contribution in [0.15, 0.2) is 59.5 Å². The first-order valence-electron chi connectivity index (χ1n) is 11.1. The summed E-state index contributed by atoms with van der Waals surface area (Å²) in [5, 5.41) is 5.69. The van der Waals surface area contributed by atoms with Crippen molar-refractivity contribution in [2.24, 2.45) is 11.8 Å². The number of benzene rings is 2. The van der Waals surface area contributed by atoms with Crippen LogP contribution in [0.4, 0.5) is 10.1 Å². The average molecular weight is 476 g/mol. The Morgan fingerprint density at radius 1 is 1.12 bits per heavy atom. The molecule has 2 amide bonds. The fourth-order valence-electron chi connectivity index (χ4n) is 3.84. The van der Waals surface area contributed by atoms with E-state index in [2.05, 4.69) is 10.6 Å². The van der Waals surface area contributed by atoms with Crippen molar-refractivity contribution < 1.29 is 22.4 Å². The highest BCUT2D eigenvalue weighted by Crippen LogP contribution is 2.25. The first kappa shape index (κ1) is 24.9. The number of amides is 2. The minimum absolute atomic E-state index is 0.00956. The summed E-state index contributed by atoms with van der Waals surface area (Å²) in [5.41, 5.74) is 0.638. The maximum atomic E-state index is 13.2. The summed E-state index contributed by atoms with van der Waals surface area (Å²) < 4.78 is 40.4. The standard InChI is InChI=1S/C24H30FN3O4S/c1-3-17(2)22(24(30)26-20-9-5-4-6-10-20)27-23(29)18-8-7-15-28(16-18)33(31,32)21-13-11-19(25)12-14-21/h4-6,9-14,17-18,22H,3,7-8,15-16H2,1-2H3,(H,26,30)(H,27,29)/t17?,18?,22-/m1/s1. The molecule has 0 radical (unpaired) electrons. The predicted molar refractivity (Wildman–Crippen MR) is 124 cm³/mol. The van der Waals surface area contributed by atoms with Crippen LogP contribution in [0.5, 0.6) is 0 Å². The molecule has 2 unspecified atom stereocenters. The first-order chi connectivity index (χ1) is 15.7. The average Bonchev–Trinajstić information content (AvgIpc) is 2.82. The predicted octanol–water partition coefficient (Wildman–Crippen LogP) is 3.40. The van der Waals surface area contributed by atoms with E-state index in [9.17, 15) is 22.4 Å². The second-order valence-electron chi connectivity index (χ2n) is 8.38. The number of hydrogen-bond donors (Lipinski definition) is 2. The molecule has 1 heterocycles. The van der Waals surface area contributed by atoms with Crippen molar-refractivity contribution in [3.8, 4) is 0 Å². The lowest BCUT2D eigenvalue weighted by atomic mass is 9.94. The van der Waals surface area contributed by atoms with Gasteiger partial charge in [-0.25, -0.2) is 12.8 Å². The fraction of sp³-hybridized carbons (Fsp3) is 0.417. The van der Waals surface area contributed by atoms with Crippen molar-refractivity contribution in [3.63, 3.8) is 0 Å². The Labute approximate surface area is 194 Å². The molecule has 1 saturated heterocycles. The highest BCUT2D eigenvalue weighted by molar-refractivity contribution is 7.89. The summed E-state index contributed by atoms with van der Waals surface area (Å²) >= 11 is 0. The van der Waals surface area contributed by atoms with Crippen LogP contribution >= 0.6 is 0 Å². The number of hydrogen-bond acceptors (Lipinski definition) is 4. The van der Waals surface area contributed by atoms with Crippen molar-refractivity contribution in [1.82, 2.24) is 9.62 Å². The third-order valence-corrected chi connectivity index (χ3v) is 7.92. The number of para-hydroxylation sites is 1. The minimum atomic E-state index is -3.84. The van der Waals surface area contributed by atoms with E-state index in [1.807, 2.05) is 32.0 Å². The van der Waals surface area contributed by atoms with Gasteiger partial charge in [-0.2, -0.15) is 4.31 Å². The molecule has 2 N–H and O–H groups in total. The molecular formula is C24H30FN3O4S. The molecule has 0 saturated carbocycles. The van der Waals surface area contributed by atoms with Gasteiger partial charge in [0.25, 0.3) is 0 Å². The normalized spacial score (nSPS) is 18.8. The van der Waals surface area contributed by atoms with E-state index in [0.717, 1.165) is 12.1 Å². The van der Waals surface area contributed by atoms with E-state index in [1.54, 1.807) is 12.1 Å². The molecule has 0 bridgehead atoms. The maximum Gasteiger partial charge on any atom is 0.247 e. The van der Waals surface area contributed by atoms with Crippen molar-refractivity contribution in [3.05, 3.63) is 60.4 Å². The van der Waals surface area contributed by atoms with Crippen LogP contribution in [-0.4, -0.2) is 43.7 Å². The third-order valence-electron chi connectivity index (χ3n) is 6.04. The Morgan fingerprint density at radius 2 is 1.79 bits per heavy atom. The van der Waals surface area contributed by atoms with E-state index in [0.29, 0.717) is 24.9 Å². The van der Waals surface area contributed by atoms with Crippen LogP contribution in [0, 0.1) is 17.7 Å². The Hall–Kier alpha value is -2.78. The second kappa shape index (κ2) is 10.9. The van der Waals surface area contributed by atoms with Gasteiger partial charge in [0.2, 0.25) is 21.8 Å². The number of anilines is 1. The minimum Gasteiger partial charge on any atom is -0.344 e. The summed E-state index contributed by atoms with van der Waals surface area (Å²) in [5.74, 6) is -1.86. The second-order valence-corrected chi connectivity index (χ2v) is 10.3. The lowest BCUT2D eigenvalue weighted by Gasteiger charge is -2.32. The largest absolute Gasteiger partial charge is 0.344 e. The number of sulfonamides is 1. The molecule has 9 heteroatoms. The molecule has 3 atom stereocenters. The molecule has 33 heavy (non-hydrogen) atoms. The van der Waals surface area contributed by atoms with Crippen LogP contribution in [-0.2, 0) is 19.6 Å². The van der Waals surface area contributed by atoms with Gasteiger partial charge in [0.05, 0.1) is 10.8 Å². The van der Waals surface area contributed by atoms with E-state index < -0.39 is 27.8 Å². The Morgan fingerprint density at radius 3 is 2.42 bits per heavy atom. The zero-order chi connectivity index (χ0) is 24.0. The molecule has 1 aliphatic rings. The molecule has 1 aliphatic heterocycles. The quantitative estimate of drug-likeness (QED) is 0.612. The Balaban J connectivity index is 1.70. The van der Waals surface area contributed by atoms with Crippen molar-refractivity contribution in [1.29, 1.82) is 0 Å². The van der Waals surface area contributed by atoms with Gasteiger partial charge in [-0.1, -0.05) is 38.5 Å². The van der Waals surface area contributed by atoms with Crippen LogP contribution < -0.4 is 10.6 Å². The third kappa shape index (κ3) is 6.17. The summed E-state index contributed by atoms with van der Waals surface area (Å²) in [6.07, 6.45) is 1.72. The molecule has 7 nitrogen and oxygen atoms in total. The molecular weight excluding hydrogens is 445 g/mol. The molecule has 178 valence electrons. The number of nitrogens with one attached hydrogen (secondary N) is 2. The topological polar surface area (TPSA) is 95.6 Å². The Kier molecular flexibility index (Phi) is 8.20. The van der Waals surface area contributed by atoms with Gasteiger partial charge < -0.3 is 10.6 Å². The zero-order valence-corrected chi connectivity index (χ0v) is 19.6. The molecule has 0 aliphatic carbocycles. The Bertz CT molecular complexity index is 1060. The summed E-state index contributed by atoms with van der Waals surface area (Å²) in [6, 6.07) is 12.9. The molecule has 2 aromatic rings. The van der Waals surface area contributed by atoms with Gasteiger partial charge in [0.15, 0.2) is 0 Å². The highest BCUT2D eigenvalue weighted by Gasteiger charge is 2.35. The smallest absolute Gasteiger partial charge is 0.247 e. The number of carbonyl (C=O) groups excluding carboxylic acids is 2. The number of piperidine rings is 1. The lowest BCUT2D eigenvalue weighted by molar-refractivity contribution is -0.131. The van der Waals surface area contributed by atoms with Gasteiger partial charge in [-0.05, 0) is 55.2 Å². The van der Waals surface area contributed by atoms with E-state index in [4.69, 9.17) is 0 Å². The number of halogens is 1. The first-order valence-corrected chi connectivity index (χ1v) is 12.6. The zero-order valence-electron chi connectivity index (χ0n) is 18.8. The van der Waals surface area contributed by atoms with Crippen LogP contribution in [0.3, 0.4) is 0 Å². The van der Waals surface area contributed by atoms with Gasteiger partial charge in [0.1, 0.15) is 11.9 Å². The van der Waals surface area contributed by atoms with E-state index >= 15 is 0 Å². The van der Waals surface area contributed by atoms with Crippen molar-refractivity contribution in [2.45, 2.75) is 44.0 Å². The van der Waals surface area contributed by atoms with Gasteiger partial charge in [0, 0.05) is 18.8 Å². The summed E-state index contributed by atoms with van der Waals surface area (Å²) in [7, 11) is -3.84. The van der Waals surface area contributed by atoms with E-state index in [-0.39, 0.29) is 35.7 Å². The maximum absolute atomic E-state index is 13.2. The van der Waals surface area contributed by atoms with Crippen LogP contribution in [0.25, 0.3) is 0 Å². The van der Waals surface area contributed by atoms with Crippen molar-refractivity contribution in [2.75, 3.05) is 18.4 Å². The van der Waals surface area contributed by atoms with Crippen LogP contribution in [0.1, 0.15) is 33.1 Å². The molecule has 1 fully saturated rings. The SMILES string of the molecule is CCC(C)[C@@H](NC(=O)C1CCCN(S(=O)(=O)c2ccc(F)cc2)C1)C(=O)Nc1ccccc1. The molecule has 2 aromatic carbocycles. The van der Waals surface area contributed by atoms with Gasteiger partial charge >= 0.3 is 0 Å². The van der Waals surface area contributed by atoms with Gasteiger partial charge in [-0.3, -0.25) is 9.59 Å². The highest BCUT2D eigenvalue weighted by atomic mass is 32.2. The van der Waals surface area contributed by atoms with Gasteiger partial charge in [-0.15, -0.1) is 0 Å². The summed E-state index contributed by atoms with van der Waals surface area (Å²) in [6.45, 7) is 4.13. The molecule has 3 rings (SSSR count). The fourth-order valence-corrected chi connectivity index (χ4v) is 5.37. The number of rotatable bonds is 8. The van der Waals surface area contributed by atoms with Crippen molar-refractivity contribution >= 4 is 27.5 Å². The lowest BCUT2D eigenvalue weighted by Crippen LogP contribution is -2.52. The number of nitrogens with zero attached hydrogens (tertiary/aromatic N) is 1. The van der Waals surface area contributed by atoms with E-state index in [1.165, 1.54) is 16.4 Å². The monoisotopic (exact) mass is 475 g/mol. The van der Waals surface area contributed by atoms with Crippen LogP contribution in [0.2, 0.25) is 0 Å². The molecule has 0 spiro atoms. The number of carbonyl (C=O) groups is 2. The summed E-state index contributed by atoms with van der Waals surface area (Å²) in [4.78, 5) is 26.0.